The van der Waals surface area contributed by atoms with Gasteiger partial charge in [0, 0.05) is 12.0 Å². The van der Waals surface area contributed by atoms with E-state index >= 15 is 0 Å². The summed E-state index contributed by atoms with van der Waals surface area (Å²) in [5.74, 6) is 0.491. The van der Waals surface area contributed by atoms with Crippen molar-refractivity contribution in [1.29, 1.82) is 0 Å². The highest BCUT2D eigenvalue weighted by atomic mass is 16.2. The molecule has 0 unspecified atom stereocenters. The lowest BCUT2D eigenvalue weighted by Gasteiger charge is -2.32. The predicted octanol–water partition coefficient (Wildman–Crippen LogP) is 2.74. The summed E-state index contributed by atoms with van der Waals surface area (Å²) in [6.45, 7) is 4.60. The van der Waals surface area contributed by atoms with Gasteiger partial charge in [0.15, 0.2) is 5.78 Å². The van der Waals surface area contributed by atoms with E-state index in [-0.39, 0.29) is 17.1 Å². The standard InChI is InChI=1S/C18H23NO2/c1-17(2)14-8-10-18(12-14,15(17)20)16(21)19-11-9-13-6-4-3-5-7-13/h3-7,14H,8-12H2,1-2H3,(H,19,21)/t14-,18+/m1/s1. The Morgan fingerprint density at radius 2 is 2.00 bits per heavy atom. The van der Waals surface area contributed by atoms with Crippen LogP contribution >= 0.6 is 0 Å². The Morgan fingerprint density at radius 1 is 1.29 bits per heavy atom. The number of Topliss-reactive ketones (excluding diaryl/α,β-unsaturated/α-hetero) is 1. The molecule has 0 radical (unpaired) electrons. The summed E-state index contributed by atoms with van der Waals surface area (Å²) in [5, 5.41) is 3.00. The molecular formula is C18H23NO2. The van der Waals surface area contributed by atoms with Crippen molar-refractivity contribution in [3.8, 4) is 0 Å². The minimum atomic E-state index is -0.731. The zero-order chi connectivity index (χ0) is 15.1. The van der Waals surface area contributed by atoms with Gasteiger partial charge in [-0.25, -0.2) is 0 Å². The molecular weight excluding hydrogens is 262 g/mol. The number of amides is 1. The number of nitrogens with one attached hydrogen (secondary N) is 1. The minimum absolute atomic E-state index is 0.0449. The molecule has 1 aromatic rings. The van der Waals surface area contributed by atoms with E-state index in [2.05, 4.69) is 17.4 Å². The zero-order valence-corrected chi connectivity index (χ0v) is 12.8. The first-order valence-corrected chi connectivity index (χ1v) is 7.84. The van der Waals surface area contributed by atoms with Gasteiger partial charge in [-0.15, -0.1) is 0 Å². The summed E-state index contributed by atoms with van der Waals surface area (Å²) in [6.07, 6.45) is 3.29. The summed E-state index contributed by atoms with van der Waals surface area (Å²) >= 11 is 0. The van der Waals surface area contributed by atoms with Gasteiger partial charge in [0.1, 0.15) is 5.41 Å². The molecule has 2 aliphatic carbocycles. The molecule has 112 valence electrons. The van der Waals surface area contributed by atoms with Gasteiger partial charge in [-0.05, 0) is 37.2 Å². The Morgan fingerprint density at radius 3 is 2.62 bits per heavy atom. The van der Waals surface area contributed by atoms with Crippen LogP contribution in [0, 0.1) is 16.7 Å². The molecule has 3 rings (SSSR count). The fourth-order valence-corrected chi connectivity index (χ4v) is 4.11. The van der Waals surface area contributed by atoms with Crippen LogP contribution in [0.25, 0.3) is 0 Å². The lowest BCUT2D eigenvalue weighted by atomic mass is 9.70. The van der Waals surface area contributed by atoms with Gasteiger partial charge in [0.25, 0.3) is 0 Å². The van der Waals surface area contributed by atoms with Gasteiger partial charge in [0.2, 0.25) is 5.91 Å². The Bertz CT molecular complexity index is 564. The Hall–Kier alpha value is -1.64. The smallest absolute Gasteiger partial charge is 0.233 e. The third-order valence-electron chi connectivity index (χ3n) is 5.53. The SMILES string of the molecule is CC1(C)C(=O)[C@]2(C(=O)NCCc3ccccc3)CC[C@@H]1C2. The van der Waals surface area contributed by atoms with Gasteiger partial charge in [-0.2, -0.15) is 0 Å². The molecule has 2 saturated carbocycles. The second kappa shape index (κ2) is 4.97. The monoisotopic (exact) mass is 285 g/mol. The molecule has 0 heterocycles. The summed E-state index contributed by atoms with van der Waals surface area (Å²) in [4.78, 5) is 25.2. The Kier molecular flexibility index (Phi) is 3.39. The van der Waals surface area contributed by atoms with Crippen molar-refractivity contribution in [2.24, 2.45) is 16.7 Å². The average Bonchev–Trinajstić information content (AvgIpc) is 3.00. The first-order chi connectivity index (χ1) is 9.97. The second-order valence-electron chi connectivity index (χ2n) is 7.06. The topological polar surface area (TPSA) is 46.2 Å². The van der Waals surface area contributed by atoms with Crippen LogP contribution in [-0.4, -0.2) is 18.2 Å². The molecule has 3 heteroatoms. The van der Waals surface area contributed by atoms with E-state index in [1.807, 2.05) is 32.0 Å². The quantitative estimate of drug-likeness (QED) is 0.865. The zero-order valence-electron chi connectivity index (χ0n) is 12.8. The van der Waals surface area contributed by atoms with Crippen LogP contribution in [0.3, 0.4) is 0 Å². The average molecular weight is 285 g/mol. The van der Waals surface area contributed by atoms with Crippen LogP contribution < -0.4 is 5.32 Å². The molecule has 1 N–H and O–H groups in total. The maximum Gasteiger partial charge on any atom is 0.233 e. The summed E-state index contributed by atoms with van der Waals surface area (Å²) in [5.41, 5.74) is 0.151. The van der Waals surface area contributed by atoms with Crippen molar-refractivity contribution in [3.05, 3.63) is 35.9 Å². The maximum atomic E-state index is 12.6. The van der Waals surface area contributed by atoms with E-state index in [4.69, 9.17) is 0 Å². The van der Waals surface area contributed by atoms with Crippen molar-refractivity contribution in [3.63, 3.8) is 0 Å². The molecule has 0 saturated heterocycles. The van der Waals surface area contributed by atoms with Gasteiger partial charge >= 0.3 is 0 Å². The van der Waals surface area contributed by atoms with Crippen LogP contribution in [0.15, 0.2) is 30.3 Å². The van der Waals surface area contributed by atoms with Crippen molar-refractivity contribution >= 4 is 11.7 Å². The van der Waals surface area contributed by atoms with Crippen molar-refractivity contribution in [2.45, 2.75) is 39.5 Å². The summed E-state index contributed by atoms with van der Waals surface area (Å²) in [6, 6.07) is 10.1. The number of fused-ring (bicyclic) bond motifs is 2. The van der Waals surface area contributed by atoms with Crippen LogP contribution in [0.4, 0.5) is 0 Å². The fourth-order valence-electron chi connectivity index (χ4n) is 4.11. The number of hydrogen-bond acceptors (Lipinski definition) is 2. The van der Waals surface area contributed by atoms with Gasteiger partial charge in [-0.3, -0.25) is 9.59 Å². The molecule has 1 aromatic carbocycles. The molecule has 0 spiro atoms. The van der Waals surface area contributed by atoms with E-state index in [1.165, 1.54) is 5.56 Å². The lowest BCUT2D eigenvalue weighted by Crippen LogP contribution is -2.47. The molecule has 2 bridgehead atoms. The Balaban J connectivity index is 1.62. The van der Waals surface area contributed by atoms with E-state index < -0.39 is 5.41 Å². The molecule has 3 nitrogen and oxygen atoms in total. The number of carbonyl (C=O) groups excluding carboxylic acids is 2. The maximum absolute atomic E-state index is 12.6. The van der Waals surface area contributed by atoms with Crippen molar-refractivity contribution in [1.82, 2.24) is 5.32 Å². The number of hydrogen-bond donors (Lipinski definition) is 1. The third-order valence-corrected chi connectivity index (χ3v) is 5.53. The molecule has 0 aromatic heterocycles. The molecule has 1 amide bonds. The van der Waals surface area contributed by atoms with Crippen LogP contribution in [0.2, 0.25) is 0 Å². The molecule has 2 fully saturated rings. The van der Waals surface area contributed by atoms with Crippen molar-refractivity contribution < 1.29 is 9.59 Å². The first kappa shape index (κ1) is 14.3. The number of carbonyl (C=O) groups is 2. The highest BCUT2D eigenvalue weighted by molar-refractivity contribution is 6.10. The molecule has 21 heavy (non-hydrogen) atoms. The van der Waals surface area contributed by atoms with E-state index in [0.29, 0.717) is 12.5 Å². The van der Waals surface area contributed by atoms with Crippen LogP contribution in [0.5, 0.6) is 0 Å². The van der Waals surface area contributed by atoms with Gasteiger partial charge < -0.3 is 5.32 Å². The normalized spacial score (nSPS) is 29.6. The largest absolute Gasteiger partial charge is 0.355 e. The third kappa shape index (κ3) is 2.19. The molecule has 2 aliphatic rings. The first-order valence-electron chi connectivity index (χ1n) is 7.84. The van der Waals surface area contributed by atoms with Gasteiger partial charge in [0.05, 0.1) is 0 Å². The summed E-state index contributed by atoms with van der Waals surface area (Å²) in [7, 11) is 0. The predicted molar refractivity (Wildman–Crippen MR) is 81.7 cm³/mol. The summed E-state index contributed by atoms with van der Waals surface area (Å²) < 4.78 is 0. The number of rotatable bonds is 4. The fraction of sp³-hybridized carbons (Fsp3) is 0.556. The number of benzene rings is 1. The van der Waals surface area contributed by atoms with E-state index in [1.54, 1.807) is 0 Å². The Labute approximate surface area is 126 Å². The second-order valence-corrected chi connectivity index (χ2v) is 7.06. The van der Waals surface area contributed by atoms with Crippen LogP contribution in [0.1, 0.15) is 38.7 Å². The number of ketones is 1. The molecule has 2 atom stereocenters. The molecule has 0 aliphatic heterocycles. The lowest BCUT2D eigenvalue weighted by molar-refractivity contribution is -0.145. The minimum Gasteiger partial charge on any atom is -0.355 e. The highest BCUT2D eigenvalue weighted by Crippen LogP contribution is 2.60. The van der Waals surface area contributed by atoms with Crippen LogP contribution in [-0.2, 0) is 16.0 Å². The highest BCUT2D eigenvalue weighted by Gasteiger charge is 2.64. The van der Waals surface area contributed by atoms with Crippen molar-refractivity contribution in [2.75, 3.05) is 6.54 Å². The van der Waals surface area contributed by atoms with E-state index in [0.717, 1.165) is 25.7 Å². The van der Waals surface area contributed by atoms with Gasteiger partial charge in [-0.1, -0.05) is 44.2 Å². The van der Waals surface area contributed by atoms with E-state index in [9.17, 15) is 9.59 Å².